The maximum atomic E-state index is 12.6. The van der Waals surface area contributed by atoms with Gasteiger partial charge in [-0.1, -0.05) is 6.58 Å². The Bertz CT molecular complexity index is 1480. The van der Waals surface area contributed by atoms with E-state index in [1.807, 2.05) is 6.20 Å². The maximum Gasteiger partial charge on any atom is 0.246 e. The van der Waals surface area contributed by atoms with Gasteiger partial charge in [-0.15, -0.1) is 0 Å². The van der Waals surface area contributed by atoms with Crippen LogP contribution in [-0.4, -0.2) is 84.1 Å². The largest absolute Gasteiger partial charge is 0.475 e. The molecule has 3 aliphatic heterocycles. The molecule has 0 N–H and O–H groups in total. The van der Waals surface area contributed by atoms with E-state index in [9.17, 15) is 15.3 Å². The van der Waals surface area contributed by atoms with Gasteiger partial charge in [0.05, 0.1) is 36.5 Å². The molecule has 2 fully saturated rings. The van der Waals surface area contributed by atoms with E-state index in [1.165, 1.54) is 35.9 Å². The molecule has 0 spiro atoms. The van der Waals surface area contributed by atoms with Crippen LogP contribution in [-0.2, 0) is 30.6 Å². The average molecular weight is 581 g/mol. The Morgan fingerprint density at radius 3 is 2.70 bits per heavy atom. The molecule has 0 radical (unpaired) electrons. The number of likely N-dealkylation sites (tertiary alicyclic amines) is 1. The first-order chi connectivity index (χ1) is 21.0. The highest BCUT2D eigenvalue weighted by Crippen LogP contribution is 2.40. The van der Waals surface area contributed by atoms with Crippen molar-refractivity contribution < 1.29 is 9.53 Å². The summed E-state index contributed by atoms with van der Waals surface area (Å²) < 4.78 is 6.40. The van der Waals surface area contributed by atoms with E-state index in [2.05, 4.69) is 51.5 Å². The predicted molar refractivity (Wildman–Crippen MR) is 164 cm³/mol. The predicted octanol–water partition coefficient (Wildman–Crippen LogP) is 3.38. The van der Waals surface area contributed by atoms with Crippen LogP contribution in [0.5, 0.6) is 5.88 Å². The number of hydrogen-bond donors (Lipinski definition) is 0. The van der Waals surface area contributed by atoms with Crippen LogP contribution in [0, 0.1) is 22.7 Å². The van der Waals surface area contributed by atoms with Crippen LogP contribution in [0.3, 0.4) is 0 Å². The minimum absolute atomic E-state index is 0.168. The molecule has 0 aromatic carbocycles. The van der Waals surface area contributed by atoms with Gasteiger partial charge in [0.15, 0.2) is 0 Å². The third-order valence-corrected chi connectivity index (χ3v) is 9.62. The van der Waals surface area contributed by atoms with Crippen molar-refractivity contribution in [3.63, 3.8) is 0 Å². The molecule has 2 saturated heterocycles. The Hall–Kier alpha value is -4.15. The monoisotopic (exact) mass is 580 g/mol. The number of aromatic nitrogens is 2. The summed E-state index contributed by atoms with van der Waals surface area (Å²) in [5.74, 6) is 0.217. The van der Waals surface area contributed by atoms with Gasteiger partial charge in [-0.05, 0) is 76.2 Å². The molecular weight excluding hydrogens is 540 g/mol. The summed E-state index contributed by atoms with van der Waals surface area (Å²) in [5, 5.41) is 20.1. The van der Waals surface area contributed by atoms with Crippen LogP contribution in [0.25, 0.3) is 0 Å². The number of nitriles is 2. The molecule has 6 rings (SSSR count). The van der Waals surface area contributed by atoms with Gasteiger partial charge in [0.1, 0.15) is 18.2 Å². The van der Waals surface area contributed by atoms with Gasteiger partial charge in [0.25, 0.3) is 0 Å². The summed E-state index contributed by atoms with van der Waals surface area (Å²) in [5.41, 5.74) is 7.11. The quantitative estimate of drug-likeness (QED) is 0.455. The van der Waals surface area contributed by atoms with E-state index in [0.717, 1.165) is 62.1 Å². The minimum atomic E-state index is -0.292. The number of hydrogen-bond acceptors (Lipinski definition) is 9. The first kappa shape index (κ1) is 28.9. The fraction of sp³-hybridized carbons (Fsp3) is 0.545. The molecule has 5 heterocycles. The number of rotatable bonds is 7. The summed E-state index contributed by atoms with van der Waals surface area (Å²) >= 11 is 0. The summed E-state index contributed by atoms with van der Waals surface area (Å²) in [4.78, 5) is 31.0. The molecule has 1 amide bonds. The third kappa shape index (κ3) is 5.64. The molecule has 2 aromatic heterocycles. The molecule has 2 aromatic rings. The second kappa shape index (κ2) is 12.6. The minimum Gasteiger partial charge on any atom is -0.475 e. The molecule has 1 aliphatic carbocycles. The number of likely N-dealkylation sites (N-methyl/N-ethyl adjacent to an activating group) is 1. The lowest BCUT2D eigenvalue weighted by Gasteiger charge is -2.43. The van der Waals surface area contributed by atoms with Crippen LogP contribution in [0.4, 0.5) is 11.4 Å². The van der Waals surface area contributed by atoms with E-state index in [4.69, 9.17) is 9.72 Å². The standard InChI is InChI=1S/C33H40N8O2/c1-3-31(42)41-18-17-40(20-23(41)10-13-34)32-26-12-16-39(30-11-14-36-28-9-5-4-8-25(28)30)21-29(26)37-33(27(32)19-35)43-22-24-7-6-15-38(24)2/h3,11,14,23-24H,1,4-10,12,15-18,20-22H2,2H3/t23-,24-/m0/s1. The zero-order chi connectivity index (χ0) is 29.9. The average Bonchev–Trinajstić information content (AvgIpc) is 3.46. The van der Waals surface area contributed by atoms with Gasteiger partial charge in [0, 0.05) is 55.4 Å². The lowest BCUT2D eigenvalue weighted by molar-refractivity contribution is -0.128. The number of carbonyl (C=O) groups is 1. The molecule has 0 saturated carbocycles. The maximum absolute atomic E-state index is 12.6. The molecule has 2 atom stereocenters. The number of anilines is 2. The molecule has 10 heteroatoms. The Morgan fingerprint density at radius 2 is 1.93 bits per heavy atom. The molecule has 10 nitrogen and oxygen atoms in total. The summed E-state index contributed by atoms with van der Waals surface area (Å²) in [6.07, 6.45) is 10.8. The van der Waals surface area contributed by atoms with E-state index in [-0.39, 0.29) is 18.4 Å². The summed E-state index contributed by atoms with van der Waals surface area (Å²) in [7, 11) is 2.12. The van der Waals surface area contributed by atoms with E-state index < -0.39 is 0 Å². The number of aryl methyl sites for hydroxylation is 1. The van der Waals surface area contributed by atoms with Gasteiger partial charge in [-0.2, -0.15) is 10.5 Å². The Kier molecular flexibility index (Phi) is 8.49. The van der Waals surface area contributed by atoms with E-state index in [0.29, 0.717) is 50.3 Å². The molecule has 4 aliphatic rings. The summed E-state index contributed by atoms with van der Waals surface area (Å²) in [6.45, 7) is 8.09. The zero-order valence-corrected chi connectivity index (χ0v) is 25.1. The van der Waals surface area contributed by atoms with Crippen LogP contribution in [0.1, 0.15) is 60.2 Å². The first-order valence-corrected chi connectivity index (χ1v) is 15.6. The number of carbonyl (C=O) groups excluding carboxylic acids is 1. The van der Waals surface area contributed by atoms with Crippen molar-refractivity contribution in [3.8, 4) is 18.0 Å². The summed E-state index contributed by atoms with van der Waals surface area (Å²) in [6, 6.07) is 6.83. The third-order valence-electron chi connectivity index (χ3n) is 9.62. The topological polar surface area (TPSA) is 113 Å². The second-order valence-electron chi connectivity index (χ2n) is 12.1. The van der Waals surface area contributed by atoms with Crippen LogP contribution in [0.2, 0.25) is 0 Å². The van der Waals surface area contributed by atoms with Gasteiger partial charge >= 0.3 is 0 Å². The van der Waals surface area contributed by atoms with Crippen molar-refractivity contribution in [3.05, 3.63) is 53.0 Å². The molecule has 43 heavy (non-hydrogen) atoms. The van der Waals surface area contributed by atoms with Crippen molar-refractivity contribution in [2.75, 3.05) is 56.2 Å². The number of ether oxygens (including phenoxy) is 1. The van der Waals surface area contributed by atoms with Crippen molar-refractivity contribution in [1.82, 2.24) is 19.8 Å². The van der Waals surface area contributed by atoms with Gasteiger partial charge < -0.3 is 24.3 Å². The second-order valence-corrected chi connectivity index (χ2v) is 12.1. The highest BCUT2D eigenvalue weighted by atomic mass is 16.5. The molecule has 224 valence electrons. The molecular formula is C33H40N8O2. The van der Waals surface area contributed by atoms with Gasteiger partial charge in [0.2, 0.25) is 11.8 Å². The van der Waals surface area contributed by atoms with Crippen molar-refractivity contribution in [1.29, 1.82) is 10.5 Å². The number of piperazine rings is 1. The van der Waals surface area contributed by atoms with E-state index in [1.54, 1.807) is 4.90 Å². The van der Waals surface area contributed by atoms with Crippen LogP contribution >= 0.6 is 0 Å². The Labute approximate surface area is 254 Å². The zero-order valence-electron chi connectivity index (χ0n) is 25.1. The SMILES string of the molecule is C=CC(=O)N1CCN(c2c(C#N)c(OC[C@@H]3CCCN3C)nc3c2CCN(c2ccnc4c2CCCC4)C3)C[C@@H]1CC#N. The first-order valence-electron chi connectivity index (χ1n) is 15.6. The van der Waals surface area contributed by atoms with Crippen LogP contribution < -0.4 is 14.5 Å². The Balaban J connectivity index is 1.38. The number of fused-ring (bicyclic) bond motifs is 2. The number of pyridine rings is 2. The fourth-order valence-corrected chi connectivity index (χ4v) is 7.31. The molecule has 0 unspecified atom stereocenters. The lowest BCUT2D eigenvalue weighted by Crippen LogP contribution is -2.55. The van der Waals surface area contributed by atoms with Crippen LogP contribution in [0.15, 0.2) is 24.9 Å². The van der Waals surface area contributed by atoms with Crippen molar-refractivity contribution in [2.24, 2.45) is 0 Å². The number of amides is 1. The highest BCUT2D eigenvalue weighted by molar-refractivity contribution is 5.87. The van der Waals surface area contributed by atoms with Crippen molar-refractivity contribution in [2.45, 2.75) is 70.0 Å². The van der Waals surface area contributed by atoms with Gasteiger partial charge in [-0.3, -0.25) is 9.78 Å². The van der Waals surface area contributed by atoms with Crippen molar-refractivity contribution >= 4 is 17.3 Å². The molecule has 0 bridgehead atoms. The fourth-order valence-electron chi connectivity index (χ4n) is 7.31. The normalized spacial score (nSPS) is 21.9. The van der Waals surface area contributed by atoms with Gasteiger partial charge in [-0.25, -0.2) is 4.98 Å². The highest BCUT2D eigenvalue weighted by Gasteiger charge is 2.35. The smallest absolute Gasteiger partial charge is 0.246 e. The van der Waals surface area contributed by atoms with E-state index >= 15 is 0 Å². The number of nitrogens with zero attached hydrogens (tertiary/aromatic N) is 8. The lowest BCUT2D eigenvalue weighted by atomic mass is 9.92. The Morgan fingerprint density at radius 1 is 1.07 bits per heavy atom.